The Morgan fingerprint density at radius 3 is 2.41 bits per heavy atom. The quantitative estimate of drug-likeness (QED) is 0.724. The van der Waals surface area contributed by atoms with Crippen LogP contribution < -0.4 is 5.32 Å². The molecule has 1 amide bonds. The van der Waals surface area contributed by atoms with Crippen LogP contribution >= 0.6 is 11.6 Å². The molecule has 4 rings (SSSR count). The number of hydrogen-bond acceptors (Lipinski definition) is 4. The summed E-state index contributed by atoms with van der Waals surface area (Å²) in [6.07, 6.45) is 0. The van der Waals surface area contributed by atoms with Gasteiger partial charge in [0.2, 0.25) is 0 Å². The minimum absolute atomic E-state index is 0.178. The van der Waals surface area contributed by atoms with Gasteiger partial charge in [-0.15, -0.1) is 0 Å². The number of anilines is 1. The van der Waals surface area contributed by atoms with E-state index in [-0.39, 0.29) is 22.9 Å². The largest absolute Gasteiger partial charge is 0.306 e. The van der Waals surface area contributed by atoms with Gasteiger partial charge >= 0.3 is 0 Å². The summed E-state index contributed by atoms with van der Waals surface area (Å²) in [4.78, 5) is 12.6. The van der Waals surface area contributed by atoms with Crippen molar-refractivity contribution in [2.75, 3.05) is 5.32 Å². The first-order valence-electron chi connectivity index (χ1n) is 7.96. The van der Waals surface area contributed by atoms with Crippen LogP contribution in [0.25, 0.3) is 5.69 Å². The Kier molecular flexibility index (Phi) is 4.24. The lowest BCUT2D eigenvalue weighted by molar-refractivity contribution is 0.102. The van der Waals surface area contributed by atoms with Crippen molar-refractivity contribution >= 4 is 33.2 Å². The van der Waals surface area contributed by atoms with Crippen molar-refractivity contribution in [2.45, 2.75) is 11.5 Å². The van der Waals surface area contributed by atoms with Gasteiger partial charge in [0.25, 0.3) is 5.91 Å². The van der Waals surface area contributed by atoms with E-state index in [0.29, 0.717) is 22.0 Å². The predicted octanol–water partition coefficient (Wildman–Crippen LogP) is 3.35. The van der Waals surface area contributed by atoms with Crippen molar-refractivity contribution in [1.82, 2.24) is 9.78 Å². The molecule has 0 saturated heterocycles. The summed E-state index contributed by atoms with van der Waals surface area (Å²) in [6.45, 7) is 0. The number of hydrogen-bond donors (Lipinski definition) is 1. The lowest BCUT2D eigenvalue weighted by Crippen LogP contribution is -2.17. The van der Waals surface area contributed by atoms with E-state index in [1.54, 1.807) is 24.3 Å². The van der Waals surface area contributed by atoms with E-state index in [9.17, 15) is 17.6 Å². The molecule has 0 bridgehead atoms. The summed E-state index contributed by atoms with van der Waals surface area (Å²) in [6, 6.07) is 11.8. The second-order valence-electron chi connectivity index (χ2n) is 6.16. The summed E-state index contributed by atoms with van der Waals surface area (Å²) in [5.41, 5.74) is 1.73. The smallest absolute Gasteiger partial charge is 0.256 e. The highest BCUT2D eigenvalue weighted by molar-refractivity contribution is 7.90. The van der Waals surface area contributed by atoms with E-state index in [4.69, 9.17) is 11.6 Å². The molecular weight excluding hydrogens is 393 g/mol. The third-order valence-electron chi connectivity index (χ3n) is 4.20. The zero-order valence-electron chi connectivity index (χ0n) is 13.8. The first-order chi connectivity index (χ1) is 12.8. The first kappa shape index (κ1) is 17.7. The van der Waals surface area contributed by atoms with E-state index in [2.05, 4.69) is 10.4 Å². The third-order valence-corrected chi connectivity index (χ3v) is 5.89. The van der Waals surface area contributed by atoms with Gasteiger partial charge in [0, 0.05) is 16.1 Å². The number of benzene rings is 2. The average molecular weight is 406 g/mol. The maximum atomic E-state index is 13.1. The van der Waals surface area contributed by atoms with Gasteiger partial charge in [-0.25, -0.2) is 17.5 Å². The van der Waals surface area contributed by atoms with Gasteiger partial charge in [-0.3, -0.25) is 4.79 Å². The highest BCUT2D eigenvalue weighted by Crippen LogP contribution is 2.33. The Morgan fingerprint density at radius 1 is 1.07 bits per heavy atom. The molecule has 0 spiro atoms. The number of fused-ring (bicyclic) bond motifs is 1. The van der Waals surface area contributed by atoms with E-state index >= 15 is 0 Å². The van der Waals surface area contributed by atoms with Crippen LogP contribution in [0.2, 0.25) is 5.02 Å². The van der Waals surface area contributed by atoms with Gasteiger partial charge in [-0.05, 0) is 48.5 Å². The van der Waals surface area contributed by atoms with Crippen molar-refractivity contribution < 1.29 is 17.6 Å². The number of carbonyl (C=O) groups excluding carboxylic acids is 1. The van der Waals surface area contributed by atoms with Gasteiger partial charge in [-0.2, -0.15) is 5.10 Å². The van der Waals surface area contributed by atoms with Gasteiger partial charge in [0.1, 0.15) is 11.6 Å². The molecule has 0 saturated carbocycles. The van der Waals surface area contributed by atoms with Gasteiger partial charge in [-0.1, -0.05) is 11.6 Å². The minimum atomic E-state index is -3.29. The molecule has 2 aromatic carbocycles. The zero-order chi connectivity index (χ0) is 19.2. The molecule has 1 N–H and O–H groups in total. The van der Waals surface area contributed by atoms with E-state index in [0.717, 1.165) is 0 Å². The second-order valence-corrected chi connectivity index (χ2v) is 8.66. The summed E-state index contributed by atoms with van der Waals surface area (Å²) in [5.74, 6) is -1.04. The van der Waals surface area contributed by atoms with Crippen LogP contribution in [0, 0.1) is 5.82 Å². The molecule has 2 heterocycles. The number of aromatic nitrogens is 2. The van der Waals surface area contributed by atoms with Crippen LogP contribution in [-0.2, 0) is 21.3 Å². The highest BCUT2D eigenvalue weighted by atomic mass is 35.5. The molecule has 6 nitrogen and oxygen atoms in total. The lowest BCUT2D eigenvalue weighted by atomic mass is 10.2. The molecule has 0 unspecified atom stereocenters. The van der Waals surface area contributed by atoms with Crippen molar-refractivity contribution in [3.05, 3.63) is 76.2 Å². The molecule has 0 radical (unpaired) electrons. The number of amides is 1. The maximum Gasteiger partial charge on any atom is 0.256 e. The molecule has 1 aliphatic heterocycles. The summed E-state index contributed by atoms with van der Waals surface area (Å²) in [7, 11) is -3.29. The number of nitrogens with one attached hydrogen (secondary N) is 1. The molecular formula is C18H13ClFN3O3S. The van der Waals surface area contributed by atoms with Gasteiger partial charge in [0.05, 0.1) is 22.9 Å². The van der Waals surface area contributed by atoms with Crippen LogP contribution in [0.3, 0.4) is 0 Å². The topological polar surface area (TPSA) is 81.1 Å². The fourth-order valence-electron chi connectivity index (χ4n) is 2.92. The second kappa shape index (κ2) is 6.47. The SMILES string of the molecule is O=C(Nc1c2c(nn1-c1ccc(Cl)cc1)CS(=O)(=O)C2)c1ccc(F)cc1. The van der Waals surface area contributed by atoms with Crippen LogP contribution in [0.5, 0.6) is 0 Å². The minimum Gasteiger partial charge on any atom is -0.306 e. The van der Waals surface area contributed by atoms with Crippen LogP contribution in [0.1, 0.15) is 21.6 Å². The average Bonchev–Trinajstić information content (AvgIpc) is 3.09. The number of halogens is 2. The molecule has 1 aliphatic rings. The summed E-state index contributed by atoms with van der Waals surface area (Å²) < 4.78 is 38.5. The number of nitrogens with zero attached hydrogens (tertiary/aromatic N) is 2. The Bertz CT molecular complexity index is 1140. The molecule has 3 aromatic rings. The van der Waals surface area contributed by atoms with E-state index in [1.807, 2.05) is 0 Å². The Balaban J connectivity index is 1.77. The number of carbonyl (C=O) groups is 1. The molecule has 1 aromatic heterocycles. The monoisotopic (exact) mass is 405 g/mol. The van der Waals surface area contributed by atoms with E-state index < -0.39 is 21.6 Å². The van der Waals surface area contributed by atoms with Crippen LogP contribution in [0.4, 0.5) is 10.2 Å². The van der Waals surface area contributed by atoms with Crippen LogP contribution in [0.15, 0.2) is 48.5 Å². The highest BCUT2D eigenvalue weighted by Gasteiger charge is 2.33. The molecule has 138 valence electrons. The maximum absolute atomic E-state index is 13.1. The van der Waals surface area contributed by atoms with Crippen molar-refractivity contribution in [3.8, 4) is 5.69 Å². The van der Waals surface area contributed by atoms with Gasteiger partial charge in [0.15, 0.2) is 9.84 Å². The standard InChI is InChI=1S/C18H13ClFN3O3S/c19-12-3-7-14(8-4-12)23-17(15-9-27(25,26)10-16(15)22-23)21-18(24)11-1-5-13(20)6-2-11/h1-8H,9-10H2,(H,21,24). The fraction of sp³-hybridized carbons (Fsp3) is 0.111. The Hall–Kier alpha value is -2.71. The van der Waals surface area contributed by atoms with Gasteiger partial charge < -0.3 is 5.32 Å². The Labute approximate surface area is 159 Å². The van der Waals surface area contributed by atoms with Crippen LogP contribution in [-0.4, -0.2) is 24.1 Å². The Morgan fingerprint density at radius 2 is 1.74 bits per heavy atom. The third kappa shape index (κ3) is 3.45. The van der Waals surface area contributed by atoms with Crippen molar-refractivity contribution in [1.29, 1.82) is 0 Å². The number of rotatable bonds is 3. The molecule has 27 heavy (non-hydrogen) atoms. The molecule has 0 aliphatic carbocycles. The first-order valence-corrected chi connectivity index (χ1v) is 10.2. The van der Waals surface area contributed by atoms with Crippen molar-refractivity contribution in [3.63, 3.8) is 0 Å². The van der Waals surface area contributed by atoms with Crippen molar-refractivity contribution in [2.24, 2.45) is 0 Å². The normalized spacial score (nSPS) is 14.7. The summed E-state index contributed by atoms with van der Waals surface area (Å²) in [5, 5.41) is 7.63. The lowest BCUT2D eigenvalue weighted by Gasteiger charge is -2.11. The van der Waals surface area contributed by atoms with E-state index in [1.165, 1.54) is 28.9 Å². The summed E-state index contributed by atoms with van der Waals surface area (Å²) >= 11 is 5.92. The molecule has 0 atom stereocenters. The molecule has 0 fully saturated rings. The molecule has 9 heteroatoms. The zero-order valence-corrected chi connectivity index (χ0v) is 15.4. The number of sulfone groups is 1. The fourth-order valence-corrected chi connectivity index (χ4v) is 4.54. The predicted molar refractivity (Wildman–Crippen MR) is 99.3 cm³/mol.